The van der Waals surface area contributed by atoms with Crippen molar-refractivity contribution in [3.63, 3.8) is 0 Å². The molecule has 0 radical (unpaired) electrons. The fourth-order valence-corrected chi connectivity index (χ4v) is 3.64. The predicted molar refractivity (Wildman–Crippen MR) is 95.5 cm³/mol. The molecule has 0 aliphatic heterocycles. The highest BCUT2D eigenvalue weighted by atomic mass is 32.2. The fourth-order valence-electron chi connectivity index (χ4n) is 2.24. The summed E-state index contributed by atoms with van der Waals surface area (Å²) in [5, 5.41) is 0. The van der Waals surface area contributed by atoms with Crippen LogP contribution in [0.15, 0.2) is 53.4 Å². The van der Waals surface area contributed by atoms with E-state index in [-0.39, 0.29) is 16.1 Å². The van der Waals surface area contributed by atoms with Crippen LogP contribution in [0.4, 0.5) is 5.69 Å². The molecule has 0 amide bonds. The summed E-state index contributed by atoms with van der Waals surface area (Å²) < 4.78 is 36.3. The molecule has 0 spiro atoms. The van der Waals surface area contributed by atoms with Crippen LogP contribution in [0.5, 0.6) is 0 Å². The minimum atomic E-state index is -4.04. The van der Waals surface area contributed by atoms with Gasteiger partial charge in [-0.05, 0) is 37.3 Å². The van der Waals surface area contributed by atoms with Crippen LogP contribution in [-0.4, -0.2) is 41.1 Å². The van der Waals surface area contributed by atoms with Gasteiger partial charge in [0.15, 0.2) is 0 Å². The lowest BCUT2D eigenvalue weighted by molar-refractivity contribution is -0.138. The van der Waals surface area contributed by atoms with Crippen LogP contribution in [0.2, 0.25) is 0 Å². The standard InChI is InChI=1S/C18H19NO6S/c1-13-7-9-16(10-8-13)26(22,23)19(12-17(20)24-2)15-6-4-5-14(11-15)18(21)25-3/h4-11H,12H2,1-3H3. The Kier molecular flexibility index (Phi) is 5.99. The van der Waals surface area contributed by atoms with Gasteiger partial charge in [-0.1, -0.05) is 23.8 Å². The summed E-state index contributed by atoms with van der Waals surface area (Å²) in [6, 6.07) is 12.1. The lowest BCUT2D eigenvalue weighted by Crippen LogP contribution is -2.36. The smallest absolute Gasteiger partial charge is 0.337 e. The summed E-state index contributed by atoms with van der Waals surface area (Å²) in [6.07, 6.45) is 0. The molecule has 7 nitrogen and oxygen atoms in total. The molecule has 0 saturated heterocycles. The van der Waals surface area contributed by atoms with Crippen LogP contribution >= 0.6 is 0 Å². The topological polar surface area (TPSA) is 90.0 Å². The SMILES string of the molecule is COC(=O)CN(c1cccc(C(=O)OC)c1)S(=O)(=O)c1ccc(C)cc1. The average Bonchev–Trinajstić information content (AvgIpc) is 2.65. The molecule has 0 bridgehead atoms. The fraction of sp³-hybridized carbons (Fsp3) is 0.222. The Morgan fingerprint density at radius 1 is 1.00 bits per heavy atom. The second kappa shape index (κ2) is 8.01. The van der Waals surface area contributed by atoms with Gasteiger partial charge >= 0.3 is 11.9 Å². The van der Waals surface area contributed by atoms with Gasteiger partial charge in [-0.2, -0.15) is 0 Å². The number of carbonyl (C=O) groups is 2. The second-order valence-corrected chi connectivity index (χ2v) is 7.31. The maximum atomic E-state index is 13.0. The molecule has 0 fully saturated rings. The average molecular weight is 377 g/mol. The first-order chi connectivity index (χ1) is 12.3. The van der Waals surface area contributed by atoms with E-state index in [2.05, 4.69) is 9.47 Å². The number of sulfonamides is 1. The van der Waals surface area contributed by atoms with Crippen molar-refractivity contribution in [3.8, 4) is 0 Å². The molecular weight excluding hydrogens is 358 g/mol. The minimum Gasteiger partial charge on any atom is -0.468 e. The van der Waals surface area contributed by atoms with E-state index in [0.29, 0.717) is 0 Å². The van der Waals surface area contributed by atoms with Crippen LogP contribution in [0, 0.1) is 6.92 Å². The molecule has 2 aromatic rings. The van der Waals surface area contributed by atoms with Gasteiger partial charge in [0, 0.05) is 0 Å². The van der Waals surface area contributed by atoms with Gasteiger partial charge in [0.05, 0.1) is 30.4 Å². The molecule has 2 aromatic carbocycles. The van der Waals surface area contributed by atoms with Crippen LogP contribution < -0.4 is 4.31 Å². The van der Waals surface area contributed by atoms with Crippen LogP contribution in [0.1, 0.15) is 15.9 Å². The number of hydrogen-bond acceptors (Lipinski definition) is 6. The van der Waals surface area contributed by atoms with Gasteiger partial charge in [0.1, 0.15) is 6.54 Å². The van der Waals surface area contributed by atoms with Crippen molar-refractivity contribution < 1.29 is 27.5 Å². The Balaban J connectivity index is 2.55. The Hall–Kier alpha value is -2.87. The summed E-state index contributed by atoms with van der Waals surface area (Å²) in [4.78, 5) is 23.5. The van der Waals surface area contributed by atoms with Crippen molar-refractivity contribution in [2.45, 2.75) is 11.8 Å². The third kappa shape index (κ3) is 4.20. The van der Waals surface area contributed by atoms with E-state index in [4.69, 9.17) is 0 Å². The highest BCUT2D eigenvalue weighted by Crippen LogP contribution is 2.25. The van der Waals surface area contributed by atoms with Crippen molar-refractivity contribution in [2.75, 3.05) is 25.1 Å². The maximum Gasteiger partial charge on any atom is 0.337 e. The van der Waals surface area contributed by atoms with Crippen LogP contribution in [0.25, 0.3) is 0 Å². The van der Waals surface area contributed by atoms with Gasteiger partial charge in [0.2, 0.25) is 0 Å². The summed E-state index contributed by atoms with van der Waals surface area (Å²) >= 11 is 0. The number of nitrogens with zero attached hydrogens (tertiary/aromatic N) is 1. The van der Waals surface area contributed by atoms with Crippen molar-refractivity contribution in [2.24, 2.45) is 0 Å². The first-order valence-corrected chi connectivity index (χ1v) is 9.08. The van der Waals surface area contributed by atoms with Gasteiger partial charge in [-0.15, -0.1) is 0 Å². The van der Waals surface area contributed by atoms with Gasteiger partial charge < -0.3 is 9.47 Å². The molecule has 0 saturated carbocycles. The van der Waals surface area contributed by atoms with Crippen molar-refractivity contribution in [1.29, 1.82) is 0 Å². The molecule has 0 heterocycles. The maximum absolute atomic E-state index is 13.0. The number of esters is 2. The molecule has 0 aliphatic rings. The first kappa shape index (κ1) is 19.5. The summed E-state index contributed by atoms with van der Waals surface area (Å²) in [5.74, 6) is -1.35. The molecule has 0 atom stereocenters. The van der Waals surface area contributed by atoms with Crippen molar-refractivity contribution in [3.05, 3.63) is 59.7 Å². The number of rotatable bonds is 6. The van der Waals surface area contributed by atoms with Crippen LogP contribution in [-0.2, 0) is 24.3 Å². The van der Waals surface area contributed by atoms with Gasteiger partial charge in [-0.25, -0.2) is 13.2 Å². The zero-order chi connectivity index (χ0) is 19.3. The van der Waals surface area contributed by atoms with Crippen molar-refractivity contribution in [1.82, 2.24) is 0 Å². The Labute approximate surface area is 152 Å². The van der Waals surface area contributed by atoms with E-state index in [9.17, 15) is 18.0 Å². The molecule has 8 heteroatoms. The van der Waals surface area contributed by atoms with Gasteiger partial charge in [-0.3, -0.25) is 9.10 Å². The summed E-state index contributed by atoms with van der Waals surface area (Å²) in [6.45, 7) is 1.31. The molecular formula is C18H19NO6S. The summed E-state index contributed by atoms with van der Waals surface area (Å²) in [5.41, 5.74) is 1.22. The molecule has 26 heavy (non-hydrogen) atoms. The number of anilines is 1. The summed E-state index contributed by atoms with van der Waals surface area (Å²) in [7, 11) is -1.65. The number of hydrogen-bond donors (Lipinski definition) is 0. The monoisotopic (exact) mass is 377 g/mol. The Bertz CT molecular complexity index is 906. The number of methoxy groups -OCH3 is 2. The van der Waals surface area contributed by atoms with Crippen LogP contribution in [0.3, 0.4) is 0 Å². The number of benzene rings is 2. The molecule has 138 valence electrons. The third-order valence-corrected chi connectivity index (χ3v) is 5.45. The molecule has 0 aliphatic carbocycles. The molecule has 0 aromatic heterocycles. The normalized spacial score (nSPS) is 10.9. The van der Waals surface area contributed by atoms with Gasteiger partial charge in [0.25, 0.3) is 10.0 Å². The molecule has 0 N–H and O–H groups in total. The van der Waals surface area contributed by atoms with E-state index in [1.54, 1.807) is 12.1 Å². The largest absolute Gasteiger partial charge is 0.468 e. The predicted octanol–water partition coefficient (Wildman–Crippen LogP) is 2.15. The number of aryl methyl sites for hydroxylation is 1. The van der Waals surface area contributed by atoms with E-state index in [1.165, 1.54) is 50.6 Å². The minimum absolute atomic E-state index is 0.0236. The first-order valence-electron chi connectivity index (χ1n) is 7.64. The molecule has 2 rings (SSSR count). The van der Waals surface area contributed by atoms with E-state index in [1.807, 2.05) is 6.92 Å². The quantitative estimate of drug-likeness (QED) is 0.717. The zero-order valence-electron chi connectivity index (χ0n) is 14.6. The highest BCUT2D eigenvalue weighted by molar-refractivity contribution is 7.92. The van der Waals surface area contributed by atoms with E-state index < -0.39 is 28.5 Å². The van der Waals surface area contributed by atoms with Crippen molar-refractivity contribution >= 4 is 27.6 Å². The zero-order valence-corrected chi connectivity index (χ0v) is 15.4. The Morgan fingerprint density at radius 2 is 1.65 bits per heavy atom. The van der Waals surface area contributed by atoms with E-state index in [0.717, 1.165) is 9.87 Å². The third-order valence-electron chi connectivity index (χ3n) is 3.66. The number of carbonyl (C=O) groups excluding carboxylic acids is 2. The second-order valence-electron chi connectivity index (χ2n) is 5.44. The lowest BCUT2D eigenvalue weighted by Gasteiger charge is -2.23. The number of ether oxygens (including phenoxy) is 2. The van der Waals surface area contributed by atoms with E-state index >= 15 is 0 Å². The molecule has 0 unspecified atom stereocenters. The Morgan fingerprint density at radius 3 is 2.23 bits per heavy atom. The lowest BCUT2D eigenvalue weighted by atomic mass is 10.2. The highest BCUT2D eigenvalue weighted by Gasteiger charge is 2.28.